The normalized spacial score (nSPS) is 17.9. The van der Waals surface area contributed by atoms with E-state index < -0.39 is 0 Å². The van der Waals surface area contributed by atoms with Crippen molar-refractivity contribution in [3.63, 3.8) is 0 Å². The van der Waals surface area contributed by atoms with Crippen molar-refractivity contribution in [3.8, 4) is 28.1 Å². The maximum atomic E-state index is 6.15. The standard InChI is InChI=1S/C19H21N5O3S/c1-19(2)7-11(19)10-27-16-5-12(25-3)8-23-15(16)6-13(21-23)14-9-24-17(20-14)28-18(22-24)26-4/h5-6,8-9,11H,7,10H2,1-4H3. The zero-order valence-corrected chi connectivity index (χ0v) is 17.0. The van der Waals surface area contributed by atoms with Crippen LogP contribution in [-0.4, -0.2) is 45.0 Å². The minimum atomic E-state index is 0.372. The van der Waals surface area contributed by atoms with Gasteiger partial charge in [-0.05, 0) is 35.2 Å². The first-order valence-electron chi connectivity index (χ1n) is 9.07. The molecule has 28 heavy (non-hydrogen) atoms. The van der Waals surface area contributed by atoms with Gasteiger partial charge < -0.3 is 14.2 Å². The van der Waals surface area contributed by atoms with Gasteiger partial charge in [0.15, 0.2) is 0 Å². The van der Waals surface area contributed by atoms with Gasteiger partial charge in [0.2, 0.25) is 4.96 Å². The Morgan fingerprint density at radius 3 is 2.61 bits per heavy atom. The Morgan fingerprint density at radius 2 is 1.93 bits per heavy atom. The Balaban J connectivity index is 1.51. The minimum absolute atomic E-state index is 0.372. The van der Waals surface area contributed by atoms with Gasteiger partial charge in [0.25, 0.3) is 5.19 Å². The van der Waals surface area contributed by atoms with Gasteiger partial charge >= 0.3 is 0 Å². The van der Waals surface area contributed by atoms with E-state index in [1.54, 1.807) is 23.3 Å². The Hall–Kier alpha value is -2.81. The van der Waals surface area contributed by atoms with Crippen LogP contribution in [0.1, 0.15) is 20.3 Å². The van der Waals surface area contributed by atoms with Crippen LogP contribution < -0.4 is 14.2 Å². The number of hydrogen-bond donors (Lipinski definition) is 0. The predicted molar refractivity (Wildman–Crippen MR) is 106 cm³/mol. The highest BCUT2D eigenvalue weighted by molar-refractivity contribution is 7.18. The molecule has 1 aliphatic carbocycles. The van der Waals surface area contributed by atoms with Crippen molar-refractivity contribution in [2.45, 2.75) is 20.3 Å². The molecule has 0 radical (unpaired) electrons. The largest absolute Gasteiger partial charge is 0.495 e. The fraction of sp³-hybridized carbons (Fsp3) is 0.421. The summed E-state index contributed by atoms with van der Waals surface area (Å²) >= 11 is 1.39. The van der Waals surface area contributed by atoms with Crippen molar-refractivity contribution in [2.75, 3.05) is 20.8 Å². The summed E-state index contributed by atoms with van der Waals surface area (Å²) in [6, 6.07) is 3.89. The van der Waals surface area contributed by atoms with Gasteiger partial charge in [0.1, 0.15) is 28.4 Å². The molecule has 5 rings (SSSR count). The van der Waals surface area contributed by atoms with Crippen LogP contribution in [0.25, 0.3) is 21.9 Å². The maximum absolute atomic E-state index is 6.15. The second kappa shape index (κ2) is 6.10. The van der Waals surface area contributed by atoms with Crippen molar-refractivity contribution < 1.29 is 14.2 Å². The Morgan fingerprint density at radius 1 is 1.11 bits per heavy atom. The molecule has 0 saturated heterocycles. The van der Waals surface area contributed by atoms with Crippen molar-refractivity contribution in [1.82, 2.24) is 24.2 Å². The highest BCUT2D eigenvalue weighted by Crippen LogP contribution is 2.51. The number of imidazole rings is 1. The van der Waals surface area contributed by atoms with Crippen LogP contribution in [0, 0.1) is 11.3 Å². The van der Waals surface area contributed by atoms with Crippen LogP contribution in [0.3, 0.4) is 0 Å². The molecular weight excluding hydrogens is 378 g/mol. The number of hydrogen-bond acceptors (Lipinski definition) is 7. The fourth-order valence-electron chi connectivity index (χ4n) is 3.33. The fourth-order valence-corrected chi connectivity index (χ4v) is 4.03. The monoisotopic (exact) mass is 399 g/mol. The number of methoxy groups -OCH3 is 2. The van der Waals surface area contributed by atoms with E-state index in [1.807, 2.05) is 24.5 Å². The van der Waals surface area contributed by atoms with E-state index in [0.717, 1.165) is 27.6 Å². The highest BCUT2D eigenvalue weighted by Gasteiger charge is 2.46. The molecule has 1 fully saturated rings. The molecule has 1 unspecified atom stereocenters. The number of pyridine rings is 1. The average Bonchev–Trinajstić information content (AvgIpc) is 3.10. The summed E-state index contributed by atoms with van der Waals surface area (Å²) in [4.78, 5) is 5.37. The van der Waals surface area contributed by atoms with Gasteiger partial charge in [-0.1, -0.05) is 13.8 Å². The second-order valence-corrected chi connectivity index (χ2v) is 8.65. The second-order valence-electron chi connectivity index (χ2n) is 7.73. The topological polar surface area (TPSA) is 75.2 Å². The summed E-state index contributed by atoms with van der Waals surface area (Å²) in [6.07, 6.45) is 4.88. The molecule has 0 N–H and O–H groups in total. The lowest BCUT2D eigenvalue weighted by molar-refractivity contribution is 0.280. The Labute approximate surface area is 165 Å². The van der Waals surface area contributed by atoms with Gasteiger partial charge in [-0.2, -0.15) is 5.10 Å². The van der Waals surface area contributed by atoms with Crippen LogP contribution in [0.5, 0.6) is 16.7 Å². The lowest BCUT2D eigenvalue weighted by Crippen LogP contribution is -2.05. The van der Waals surface area contributed by atoms with E-state index in [9.17, 15) is 0 Å². The molecular formula is C19H21N5O3S. The number of aromatic nitrogens is 5. The number of ether oxygens (including phenoxy) is 3. The Kier molecular flexibility index (Phi) is 3.77. The lowest BCUT2D eigenvalue weighted by atomic mass is 10.1. The minimum Gasteiger partial charge on any atom is -0.495 e. The van der Waals surface area contributed by atoms with Crippen LogP contribution in [-0.2, 0) is 0 Å². The molecule has 8 nitrogen and oxygen atoms in total. The van der Waals surface area contributed by atoms with Crippen molar-refractivity contribution in [2.24, 2.45) is 11.3 Å². The van der Waals surface area contributed by atoms with Crippen molar-refractivity contribution >= 4 is 21.8 Å². The van der Waals surface area contributed by atoms with Crippen LogP contribution in [0.15, 0.2) is 24.5 Å². The van der Waals surface area contributed by atoms with Gasteiger partial charge in [-0.3, -0.25) is 0 Å². The lowest BCUT2D eigenvalue weighted by Gasteiger charge is -2.10. The third-order valence-electron chi connectivity index (χ3n) is 5.37. The third-order valence-corrected chi connectivity index (χ3v) is 6.25. The molecule has 4 aromatic heterocycles. The Bertz CT molecular complexity index is 1140. The molecule has 146 valence electrons. The van der Waals surface area contributed by atoms with Gasteiger partial charge in [-0.25, -0.2) is 14.0 Å². The van der Waals surface area contributed by atoms with E-state index >= 15 is 0 Å². The van der Waals surface area contributed by atoms with E-state index in [0.29, 0.717) is 28.9 Å². The van der Waals surface area contributed by atoms with Crippen LogP contribution in [0.2, 0.25) is 0 Å². The van der Waals surface area contributed by atoms with Gasteiger partial charge in [0, 0.05) is 6.07 Å². The molecule has 0 aliphatic heterocycles. The molecule has 1 saturated carbocycles. The van der Waals surface area contributed by atoms with Crippen molar-refractivity contribution in [3.05, 3.63) is 24.5 Å². The average molecular weight is 399 g/mol. The summed E-state index contributed by atoms with van der Waals surface area (Å²) in [6.45, 7) is 5.24. The first-order chi connectivity index (χ1) is 13.5. The van der Waals surface area contributed by atoms with Gasteiger partial charge in [-0.15, -0.1) is 5.10 Å². The molecule has 0 spiro atoms. The van der Waals surface area contributed by atoms with E-state index in [4.69, 9.17) is 14.2 Å². The SMILES string of the molecule is COc1cc(OCC2CC2(C)C)c2cc(-c3cn4nc(OC)sc4n3)nn2c1. The number of rotatable bonds is 6. The van der Waals surface area contributed by atoms with E-state index in [2.05, 4.69) is 29.0 Å². The predicted octanol–water partition coefficient (Wildman–Crippen LogP) is 3.55. The van der Waals surface area contributed by atoms with Gasteiger partial charge in [0.05, 0.1) is 33.2 Å². The molecule has 4 heterocycles. The summed E-state index contributed by atoms with van der Waals surface area (Å²) in [5.41, 5.74) is 2.76. The molecule has 9 heteroatoms. The molecule has 4 aromatic rings. The summed E-state index contributed by atoms with van der Waals surface area (Å²) in [7, 11) is 3.24. The van der Waals surface area contributed by atoms with E-state index in [1.165, 1.54) is 17.8 Å². The quantitative estimate of drug-likeness (QED) is 0.494. The maximum Gasteiger partial charge on any atom is 0.294 e. The van der Waals surface area contributed by atoms with E-state index in [-0.39, 0.29) is 0 Å². The molecule has 0 amide bonds. The molecule has 0 aromatic carbocycles. The zero-order chi connectivity index (χ0) is 19.5. The summed E-state index contributed by atoms with van der Waals surface area (Å²) in [5, 5.41) is 9.56. The summed E-state index contributed by atoms with van der Waals surface area (Å²) < 4.78 is 20.2. The molecule has 1 aliphatic rings. The highest BCUT2D eigenvalue weighted by atomic mass is 32.1. The first-order valence-corrected chi connectivity index (χ1v) is 9.89. The van der Waals surface area contributed by atoms with Crippen molar-refractivity contribution in [1.29, 1.82) is 0 Å². The smallest absolute Gasteiger partial charge is 0.294 e. The number of fused-ring (bicyclic) bond motifs is 2. The molecule has 0 bridgehead atoms. The van der Waals surface area contributed by atoms with Crippen LogP contribution in [0.4, 0.5) is 0 Å². The zero-order valence-electron chi connectivity index (χ0n) is 16.2. The number of nitrogens with zero attached hydrogens (tertiary/aromatic N) is 5. The third kappa shape index (κ3) is 2.86. The molecule has 1 atom stereocenters. The summed E-state index contributed by atoms with van der Waals surface area (Å²) in [5.74, 6) is 2.05. The first kappa shape index (κ1) is 17.3. The van der Waals surface area contributed by atoms with Crippen LogP contribution >= 0.6 is 11.3 Å².